The predicted octanol–water partition coefficient (Wildman–Crippen LogP) is 11.4. The first-order chi connectivity index (χ1) is 19.6. The molecule has 4 nitrogen and oxygen atoms in total. The number of aliphatic carboxylic acids is 1. The lowest BCUT2D eigenvalue weighted by Crippen LogP contribution is -2.16. The third kappa shape index (κ3) is 30.7. The molecule has 0 aliphatic rings. The Hall–Kier alpha value is -1.84. The van der Waals surface area contributed by atoms with Gasteiger partial charge in [0.15, 0.2) is 0 Å². The molecule has 4 heteroatoms. The fourth-order valence-electron chi connectivity index (χ4n) is 4.77. The number of carbonyl (C=O) groups excluding carboxylic acids is 1. The second-order valence-corrected chi connectivity index (χ2v) is 11.3. The largest absolute Gasteiger partial charge is 0.481 e. The number of ether oxygens (including phenoxy) is 1. The number of rotatable bonds is 30. The number of allylic oxidation sites excluding steroid dienone is 5. The van der Waals surface area contributed by atoms with Crippen molar-refractivity contribution in [3.8, 4) is 0 Å². The molecule has 0 radical (unpaired) electrons. The lowest BCUT2D eigenvalue weighted by atomic mass is 10.1. The fraction of sp³-hybridized carbons (Fsp3) is 0.778. The van der Waals surface area contributed by atoms with E-state index in [1.54, 1.807) is 0 Å². The van der Waals surface area contributed by atoms with Crippen LogP contribution in [0.2, 0.25) is 0 Å². The minimum Gasteiger partial charge on any atom is -0.481 e. The number of hydrogen-bond acceptors (Lipinski definition) is 3. The minimum absolute atomic E-state index is 0.0653. The number of esters is 1. The molecule has 1 atom stereocenters. The molecule has 0 heterocycles. The van der Waals surface area contributed by atoms with Gasteiger partial charge in [0.2, 0.25) is 0 Å². The Bertz CT molecular complexity index is 649. The summed E-state index contributed by atoms with van der Waals surface area (Å²) in [6.45, 7) is 4.48. The van der Waals surface area contributed by atoms with Crippen LogP contribution in [0.1, 0.15) is 174 Å². The van der Waals surface area contributed by atoms with Gasteiger partial charge in [-0.3, -0.25) is 9.59 Å². The Labute approximate surface area is 248 Å². The molecule has 0 rings (SSSR count). The van der Waals surface area contributed by atoms with Crippen LogP contribution in [-0.4, -0.2) is 23.1 Å². The summed E-state index contributed by atoms with van der Waals surface area (Å²) in [5, 5.41) is 8.74. The van der Waals surface area contributed by atoms with Gasteiger partial charge in [0.05, 0.1) is 0 Å². The molecule has 1 unspecified atom stereocenters. The zero-order valence-corrected chi connectivity index (χ0v) is 26.4. The summed E-state index contributed by atoms with van der Waals surface area (Å²) in [5.41, 5.74) is 0. The smallest absolute Gasteiger partial charge is 0.306 e. The van der Waals surface area contributed by atoms with Gasteiger partial charge >= 0.3 is 11.9 Å². The monoisotopic (exact) mass is 560 g/mol. The summed E-state index contributed by atoms with van der Waals surface area (Å²) >= 11 is 0. The van der Waals surface area contributed by atoms with Crippen molar-refractivity contribution in [3.63, 3.8) is 0 Å². The van der Waals surface area contributed by atoms with Crippen molar-refractivity contribution in [2.24, 2.45) is 0 Å². The Morgan fingerprint density at radius 3 is 1.68 bits per heavy atom. The van der Waals surface area contributed by atoms with Gasteiger partial charge in [-0.05, 0) is 76.7 Å². The molecule has 0 aromatic heterocycles. The first-order valence-corrected chi connectivity index (χ1v) is 17.0. The van der Waals surface area contributed by atoms with Crippen molar-refractivity contribution >= 4 is 11.9 Å². The predicted molar refractivity (Wildman–Crippen MR) is 172 cm³/mol. The molecule has 0 aliphatic heterocycles. The van der Waals surface area contributed by atoms with Gasteiger partial charge in [-0.15, -0.1) is 0 Å². The highest BCUT2D eigenvalue weighted by Gasteiger charge is 2.11. The highest BCUT2D eigenvalue weighted by atomic mass is 16.5. The van der Waals surface area contributed by atoms with E-state index in [1.807, 2.05) is 0 Å². The summed E-state index contributed by atoms with van der Waals surface area (Å²) in [6.07, 6.45) is 40.2. The molecule has 0 aliphatic carbocycles. The normalized spacial score (nSPS) is 12.7. The van der Waals surface area contributed by atoms with E-state index in [2.05, 4.69) is 50.3 Å². The van der Waals surface area contributed by atoms with Gasteiger partial charge in [-0.25, -0.2) is 0 Å². The van der Waals surface area contributed by atoms with E-state index in [4.69, 9.17) is 9.84 Å². The van der Waals surface area contributed by atoms with Gasteiger partial charge in [-0.2, -0.15) is 0 Å². The zero-order chi connectivity index (χ0) is 29.4. The highest BCUT2D eigenvalue weighted by molar-refractivity contribution is 5.69. The summed E-state index contributed by atoms with van der Waals surface area (Å²) in [5.74, 6) is -0.770. The van der Waals surface area contributed by atoms with E-state index in [1.165, 1.54) is 77.0 Å². The third-order valence-corrected chi connectivity index (χ3v) is 7.32. The average Bonchev–Trinajstić information content (AvgIpc) is 2.93. The van der Waals surface area contributed by atoms with Crippen LogP contribution >= 0.6 is 0 Å². The summed E-state index contributed by atoms with van der Waals surface area (Å²) in [7, 11) is 0. The molecular formula is C36H64O4. The van der Waals surface area contributed by atoms with Crippen LogP contribution in [0, 0.1) is 0 Å². The van der Waals surface area contributed by atoms with Crippen molar-refractivity contribution in [3.05, 3.63) is 36.5 Å². The van der Waals surface area contributed by atoms with Gasteiger partial charge in [0, 0.05) is 12.8 Å². The molecule has 0 aromatic rings. The minimum atomic E-state index is -0.705. The molecule has 0 spiro atoms. The van der Waals surface area contributed by atoms with E-state index in [-0.39, 0.29) is 18.5 Å². The Morgan fingerprint density at radius 2 is 1.05 bits per heavy atom. The maximum atomic E-state index is 12.5. The molecule has 0 saturated heterocycles. The van der Waals surface area contributed by atoms with Crippen LogP contribution in [0.15, 0.2) is 36.5 Å². The average molecular weight is 561 g/mol. The quantitative estimate of drug-likeness (QED) is 0.0539. The Balaban J connectivity index is 4.16. The number of unbranched alkanes of at least 4 members (excludes halogenated alkanes) is 17. The number of carboxylic acids is 1. The van der Waals surface area contributed by atoms with E-state index in [0.29, 0.717) is 6.42 Å². The second-order valence-electron chi connectivity index (χ2n) is 11.3. The third-order valence-electron chi connectivity index (χ3n) is 7.32. The molecule has 0 amide bonds. The van der Waals surface area contributed by atoms with Crippen LogP contribution in [0.3, 0.4) is 0 Å². The van der Waals surface area contributed by atoms with Crippen molar-refractivity contribution in [2.45, 2.75) is 180 Å². The van der Waals surface area contributed by atoms with Crippen LogP contribution in [-0.2, 0) is 14.3 Å². The summed E-state index contributed by atoms with van der Waals surface area (Å²) in [4.78, 5) is 23.1. The standard InChI is InChI=1S/C36H64O4/c1-3-5-7-9-11-13-14-15-16-17-19-25-29-33-36(39)40-34(30-26-22-18-12-10-8-6-4-2)31-27-23-20-21-24-28-32-35(37)38/h12-14,18,26,30,34H,3-11,15-17,19-25,27-29,31-33H2,1-2H3,(H,37,38)/b14-13-,18-12-,30-26-. The first-order valence-electron chi connectivity index (χ1n) is 17.0. The Morgan fingerprint density at radius 1 is 0.575 bits per heavy atom. The van der Waals surface area contributed by atoms with Gasteiger partial charge in [-0.1, -0.05) is 121 Å². The topological polar surface area (TPSA) is 63.6 Å². The van der Waals surface area contributed by atoms with Gasteiger partial charge in [0.25, 0.3) is 0 Å². The molecule has 0 fully saturated rings. The lowest BCUT2D eigenvalue weighted by Gasteiger charge is -2.14. The van der Waals surface area contributed by atoms with E-state index in [9.17, 15) is 9.59 Å². The van der Waals surface area contributed by atoms with Gasteiger partial charge < -0.3 is 9.84 Å². The molecule has 0 aromatic carbocycles. The molecule has 1 N–H and O–H groups in total. The van der Waals surface area contributed by atoms with E-state index >= 15 is 0 Å². The number of carbonyl (C=O) groups is 2. The summed E-state index contributed by atoms with van der Waals surface area (Å²) in [6, 6.07) is 0. The van der Waals surface area contributed by atoms with Crippen molar-refractivity contribution in [1.29, 1.82) is 0 Å². The molecular weight excluding hydrogens is 496 g/mol. The molecule has 232 valence electrons. The van der Waals surface area contributed by atoms with Crippen LogP contribution in [0.5, 0.6) is 0 Å². The highest BCUT2D eigenvalue weighted by Crippen LogP contribution is 2.15. The van der Waals surface area contributed by atoms with Crippen LogP contribution in [0.4, 0.5) is 0 Å². The number of hydrogen-bond donors (Lipinski definition) is 1. The molecule has 0 saturated carbocycles. The van der Waals surface area contributed by atoms with Gasteiger partial charge in [0.1, 0.15) is 6.10 Å². The molecule has 0 bridgehead atoms. The fourth-order valence-corrected chi connectivity index (χ4v) is 4.77. The van der Waals surface area contributed by atoms with Crippen LogP contribution < -0.4 is 0 Å². The van der Waals surface area contributed by atoms with Crippen LogP contribution in [0.25, 0.3) is 0 Å². The van der Waals surface area contributed by atoms with E-state index < -0.39 is 5.97 Å². The van der Waals surface area contributed by atoms with Crippen molar-refractivity contribution in [2.75, 3.05) is 0 Å². The van der Waals surface area contributed by atoms with Crippen molar-refractivity contribution in [1.82, 2.24) is 0 Å². The zero-order valence-electron chi connectivity index (χ0n) is 26.4. The number of carboxylic acid groups (broad SMARTS) is 1. The maximum Gasteiger partial charge on any atom is 0.306 e. The van der Waals surface area contributed by atoms with Crippen molar-refractivity contribution < 1.29 is 19.4 Å². The second kappa shape index (κ2) is 31.7. The molecule has 40 heavy (non-hydrogen) atoms. The SMILES string of the molecule is CCCCC/C=C\C/C=C\C(CCCCCCCCC(=O)O)OC(=O)CCCCCCC/C=C\CCCCCC. The Kier molecular flexibility index (Phi) is 30.2. The lowest BCUT2D eigenvalue weighted by molar-refractivity contribution is -0.147. The first kappa shape index (κ1) is 38.2. The van der Waals surface area contributed by atoms with E-state index in [0.717, 1.165) is 70.6 Å². The maximum absolute atomic E-state index is 12.5. The summed E-state index contributed by atoms with van der Waals surface area (Å²) < 4.78 is 5.86.